The first-order valence-electron chi connectivity index (χ1n) is 9.15. The first-order chi connectivity index (χ1) is 13.5. The molecule has 0 saturated carbocycles. The number of H-pyrrole nitrogens is 1. The van der Waals surface area contributed by atoms with Crippen LogP contribution >= 0.6 is 0 Å². The van der Waals surface area contributed by atoms with Crippen molar-refractivity contribution in [1.29, 1.82) is 0 Å². The Bertz CT molecular complexity index is 926. The van der Waals surface area contributed by atoms with Crippen molar-refractivity contribution < 1.29 is 9.18 Å². The van der Waals surface area contributed by atoms with Gasteiger partial charge in [0, 0.05) is 19.8 Å². The van der Waals surface area contributed by atoms with Crippen molar-refractivity contribution in [2.75, 3.05) is 23.4 Å². The molecule has 0 atom stereocenters. The molecule has 1 N–H and O–H groups in total. The highest BCUT2D eigenvalue weighted by Gasteiger charge is 2.22. The first kappa shape index (κ1) is 19.5. The number of pyridine rings is 1. The number of imidazole rings is 1. The second-order valence-corrected chi connectivity index (χ2v) is 7.12. The number of aromatic nitrogens is 3. The lowest BCUT2D eigenvalue weighted by atomic mass is 10.1. The van der Waals surface area contributed by atoms with E-state index in [-0.39, 0.29) is 17.4 Å². The Hall–Kier alpha value is -3.22. The van der Waals surface area contributed by atoms with Gasteiger partial charge in [0.25, 0.3) is 5.91 Å². The van der Waals surface area contributed by atoms with E-state index in [0.717, 1.165) is 11.4 Å². The van der Waals surface area contributed by atoms with E-state index in [9.17, 15) is 9.18 Å². The molecule has 0 spiro atoms. The van der Waals surface area contributed by atoms with E-state index >= 15 is 0 Å². The molecule has 28 heavy (non-hydrogen) atoms. The highest BCUT2D eigenvalue weighted by Crippen LogP contribution is 2.24. The lowest BCUT2D eigenvalue weighted by Crippen LogP contribution is -2.35. The predicted molar refractivity (Wildman–Crippen MR) is 108 cm³/mol. The van der Waals surface area contributed by atoms with Gasteiger partial charge in [-0.25, -0.2) is 9.37 Å². The van der Waals surface area contributed by atoms with Crippen LogP contribution in [0.3, 0.4) is 0 Å². The maximum atomic E-state index is 14.2. The number of carbonyl (C=O) groups excluding carboxylic acids is 1. The Morgan fingerprint density at radius 1 is 1.14 bits per heavy atom. The molecule has 0 fully saturated rings. The van der Waals surface area contributed by atoms with Crippen LogP contribution in [-0.2, 0) is 6.54 Å². The zero-order valence-electron chi connectivity index (χ0n) is 16.3. The lowest BCUT2D eigenvalue weighted by molar-refractivity contribution is 0.0980. The molecule has 0 aliphatic heterocycles. The molecule has 2 aromatic heterocycles. The zero-order chi connectivity index (χ0) is 20.1. The van der Waals surface area contributed by atoms with Crippen molar-refractivity contribution in [3.63, 3.8) is 0 Å². The van der Waals surface area contributed by atoms with E-state index in [1.54, 1.807) is 42.0 Å². The van der Waals surface area contributed by atoms with Crippen LogP contribution in [0.2, 0.25) is 0 Å². The molecule has 0 unspecified atom stereocenters. The largest absolute Gasteiger partial charge is 0.367 e. The van der Waals surface area contributed by atoms with Crippen LogP contribution in [0.15, 0.2) is 55.2 Å². The van der Waals surface area contributed by atoms with Crippen molar-refractivity contribution in [3.8, 4) is 0 Å². The molecule has 0 aliphatic carbocycles. The molecule has 0 bridgehead atoms. The Morgan fingerprint density at radius 3 is 2.57 bits per heavy atom. The third kappa shape index (κ3) is 4.54. The number of amides is 1. The number of nitrogens with one attached hydrogen (secondary N) is 1. The van der Waals surface area contributed by atoms with E-state index in [4.69, 9.17) is 0 Å². The fourth-order valence-corrected chi connectivity index (χ4v) is 2.94. The topological polar surface area (TPSA) is 65.1 Å². The van der Waals surface area contributed by atoms with Gasteiger partial charge in [0.1, 0.15) is 5.82 Å². The fraction of sp³-hybridized carbons (Fsp3) is 0.286. The highest BCUT2D eigenvalue weighted by atomic mass is 19.1. The van der Waals surface area contributed by atoms with Crippen LogP contribution in [-0.4, -0.2) is 34.5 Å². The van der Waals surface area contributed by atoms with Crippen molar-refractivity contribution in [1.82, 2.24) is 15.0 Å². The number of hydrogen-bond donors (Lipinski definition) is 1. The van der Waals surface area contributed by atoms with Gasteiger partial charge in [-0.1, -0.05) is 26.0 Å². The molecule has 7 heteroatoms. The molecule has 146 valence electrons. The summed E-state index contributed by atoms with van der Waals surface area (Å²) in [5.41, 5.74) is 2.51. The number of anilines is 2. The van der Waals surface area contributed by atoms with Crippen LogP contribution in [0.1, 0.15) is 29.9 Å². The standard InChI is InChI=1S/C21H24FN5O/c1-15(2)12-27(21(28)19-6-4-5-7-20(19)22)18-8-17(10-23-11-18)26(3)13-16-9-24-14-25-16/h4-11,14-15H,12-13H2,1-3H3,(H,24,25). The Kier molecular flexibility index (Phi) is 6.03. The minimum atomic E-state index is -0.526. The van der Waals surface area contributed by atoms with Crippen LogP contribution in [0.25, 0.3) is 0 Å². The van der Waals surface area contributed by atoms with Gasteiger partial charge in [-0.2, -0.15) is 0 Å². The van der Waals surface area contributed by atoms with E-state index < -0.39 is 5.82 Å². The summed E-state index contributed by atoms with van der Waals surface area (Å²) in [7, 11) is 1.94. The Labute approximate surface area is 164 Å². The van der Waals surface area contributed by atoms with Crippen LogP contribution in [0, 0.1) is 11.7 Å². The Morgan fingerprint density at radius 2 is 1.89 bits per heavy atom. The smallest absolute Gasteiger partial charge is 0.261 e. The fourth-order valence-electron chi connectivity index (χ4n) is 2.94. The summed E-state index contributed by atoms with van der Waals surface area (Å²) in [4.78, 5) is 28.1. The predicted octanol–water partition coefficient (Wildman–Crippen LogP) is 3.88. The van der Waals surface area contributed by atoms with Crippen molar-refractivity contribution in [2.24, 2.45) is 5.92 Å². The number of halogens is 1. The highest BCUT2D eigenvalue weighted by molar-refractivity contribution is 6.06. The van der Waals surface area contributed by atoms with Gasteiger partial charge in [0.2, 0.25) is 0 Å². The molecule has 2 heterocycles. The molecule has 3 aromatic rings. The minimum absolute atomic E-state index is 0.0550. The van der Waals surface area contributed by atoms with E-state index in [2.05, 4.69) is 15.0 Å². The summed E-state index contributed by atoms with van der Waals surface area (Å²) in [5, 5.41) is 0. The monoisotopic (exact) mass is 381 g/mol. The summed E-state index contributed by atoms with van der Waals surface area (Å²) >= 11 is 0. The van der Waals surface area contributed by atoms with Crippen LogP contribution < -0.4 is 9.80 Å². The van der Waals surface area contributed by atoms with E-state index in [1.807, 2.05) is 31.9 Å². The van der Waals surface area contributed by atoms with Crippen LogP contribution in [0.4, 0.5) is 15.8 Å². The van der Waals surface area contributed by atoms with Crippen LogP contribution in [0.5, 0.6) is 0 Å². The first-order valence-corrected chi connectivity index (χ1v) is 9.15. The average Bonchev–Trinajstić information content (AvgIpc) is 3.19. The summed E-state index contributed by atoms with van der Waals surface area (Å²) < 4.78 is 14.2. The van der Waals surface area contributed by atoms with Crippen molar-refractivity contribution in [2.45, 2.75) is 20.4 Å². The summed E-state index contributed by atoms with van der Waals surface area (Å²) in [6.07, 6.45) is 6.77. The van der Waals surface area contributed by atoms with Gasteiger partial charge >= 0.3 is 0 Å². The summed E-state index contributed by atoms with van der Waals surface area (Å²) in [6, 6.07) is 7.94. The maximum absolute atomic E-state index is 14.2. The van der Waals surface area contributed by atoms with Gasteiger partial charge < -0.3 is 14.8 Å². The number of benzene rings is 1. The number of carbonyl (C=O) groups is 1. The minimum Gasteiger partial charge on any atom is -0.367 e. The van der Waals surface area contributed by atoms with Gasteiger partial charge in [0.15, 0.2) is 0 Å². The number of hydrogen-bond acceptors (Lipinski definition) is 4. The lowest BCUT2D eigenvalue weighted by Gasteiger charge is -2.26. The van der Waals surface area contributed by atoms with Gasteiger partial charge in [-0.05, 0) is 24.1 Å². The SMILES string of the molecule is CC(C)CN(C(=O)c1ccccc1F)c1cncc(N(C)Cc2cnc[nH]2)c1. The quantitative estimate of drug-likeness (QED) is 0.674. The molecule has 6 nitrogen and oxygen atoms in total. The average molecular weight is 381 g/mol. The maximum Gasteiger partial charge on any atom is 0.261 e. The molecule has 3 rings (SSSR count). The summed E-state index contributed by atoms with van der Waals surface area (Å²) in [6.45, 7) is 5.12. The molecular formula is C21H24FN5O. The van der Waals surface area contributed by atoms with E-state index in [0.29, 0.717) is 18.8 Å². The molecule has 1 amide bonds. The third-order valence-corrected chi connectivity index (χ3v) is 4.32. The molecular weight excluding hydrogens is 357 g/mol. The number of aromatic amines is 1. The number of rotatable bonds is 7. The summed E-state index contributed by atoms with van der Waals surface area (Å²) in [5.74, 6) is -0.689. The van der Waals surface area contributed by atoms with Crippen molar-refractivity contribution in [3.05, 3.63) is 72.3 Å². The van der Waals surface area contributed by atoms with Crippen molar-refractivity contribution >= 4 is 17.3 Å². The molecule has 0 aliphatic rings. The molecule has 0 radical (unpaired) electrons. The van der Waals surface area contributed by atoms with Gasteiger partial charge in [-0.3, -0.25) is 9.78 Å². The zero-order valence-corrected chi connectivity index (χ0v) is 16.3. The normalized spacial score (nSPS) is 10.9. The number of nitrogens with zero attached hydrogens (tertiary/aromatic N) is 4. The van der Waals surface area contributed by atoms with Gasteiger partial charge in [0.05, 0.1) is 47.9 Å². The molecule has 0 saturated heterocycles. The molecule has 1 aromatic carbocycles. The Balaban J connectivity index is 1.90. The second-order valence-electron chi connectivity index (χ2n) is 7.12. The van der Waals surface area contributed by atoms with Gasteiger partial charge in [-0.15, -0.1) is 0 Å². The second kappa shape index (κ2) is 8.65. The third-order valence-electron chi connectivity index (χ3n) is 4.32. The van der Waals surface area contributed by atoms with E-state index in [1.165, 1.54) is 12.1 Å².